The van der Waals surface area contributed by atoms with E-state index in [1.54, 1.807) is 19.2 Å². The number of nitrogens with one attached hydrogen (secondary N) is 1. The minimum Gasteiger partial charge on any atom is -0.508 e. The average Bonchev–Trinajstić information content (AvgIpc) is 2.17. The summed E-state index contributed by atoms with van der Waals surface area (Å²) in [6.45, 7) is 7.07. The van der Waals surface area contributed by atoms with Gasteiger partial charge in [-0.2, -0.15) is 0 Å². The van der Waals surface area contributed by atoms with Crippen LogP contribution < -0.4 is 5.32 Å². The van der Waals surface area contributed by atoms with Crippen LogP contribution in [0.1, 0.15) is 32.4 Å². The molecule has 4 heteroatoms. The van der Waals surface area contributed by atoms with E-state index in [4.69, 9.17) is 4.74 Å². The molecule has 0 aromatic heterocycles. The highest BCUT2D eigenvalue weighted by Crippen LogP contribution is 2.20. The summed E-state index contributed by atoms with van der Waals surface area (Å²) in [5.41, 5.74) is 1.05. The van der Waals surface area contributed by atoms with E-state index in [-0.39, 0.29) is 29.8 Å². The number of hydrogen-bond donors (Lipinski definition) is 2. The highest BCUT2D eigenvalue weighted by atomic mass is 35.5. The van der Waals surface area contributed by atoms with Gasteiger partial charge in [-0.3, -0.25) is 0 Å². The fraction of sp³-hybridized carbons (Fsp3) is 0.538. The lowest BCUT2D eigenvalue weighted by Crippen LogP contribution is -2.38. The lowest BCUT2D eigenvalue weighted by Gasteiger charge is -2.24. The maximum absolute atomic E-state index is 9.41. The Labute approximate surface area is 110 Å². The summed E-state index contributed by atoms with van der Waals surface area (Å²) in [4.78, 5) is 0. The van der Waals surface area contributed by atoms with Crippen LogP contribution in [0.25, 0.3) is 0 Å². The topological polar surface area (TPSA) is 41.5 Å². The monoisotopic (exact) mass is 259 g/mol. The van der Waals surface area contributed by atoms with Crippen LogP contribution in [0.2, 0.25) is 0 Å². The van der Waals surface area contributed by atoms with Gasteiger partial charge in [0, 0.05) is 19.2 Å². The first kappa shape index (κ1) is 16.2. The van der Waals surface area contributed by atoms with E-state index in [1.807, 2.05) is 12.1 Å². The summed E-state index contributed by atoms with van der Waals surface area (Å²) in [5, 5.41) is 12.8. The molecule has 3 nitrogen and oxygen atoms in total. The molecule has 1 aromatic rings. The number of ether oxygens (including phenoxy) is 1. The Bertz CT molecular complexity index is 336. The molecular weight excluding hydrogens is 238 g/mol. The van der Waals surface area contributed by atoms with Crippen molar-refractivity contribution >= 4 is 12.4 Å². The third kappa shape index (κ3) is 5.91. The second-order valence-corrected chi connectivity index (χ2v) is 4.95. The summed E-state index contributed by atoms with van der Waals surface area (Å²) in [5.74, 6) is 0.273. The zero-order valence-electron chi connectivity index (χ0n) is 10.9. The molecule has 0 aliphatic rings. The van der Waals surface area contributed by atoms with Crippen LogP contribution in [-0.2, 0) is 4.74 Å². The van der Waals surface area contributed by atoms with E-state index in [1.165, 1.54) is 0 Å². The molecule has 0 saturated heterocycles. The van der Waals surface area contributed by atoms with E-state index in [0.717, 1.165) is 12.1 Å². The third-order valence-corrected chi connectivity index (χ3v) is 2.34. The maximum atomic E-state index is 9.41. The van der Waals surface area contributed by atoms with E-state index >= 15 is 0 Å². The van der Waals surface area contributed by atoms with Gasteiger partial charge in [-0.15, -0.1) is 12.4 Å². The Morgan fingerprint density at radius 2 is 2.00 bits per heavy atom. The Morgan fingerprint density at radius 1 is 1.35 bits per heavy atom. The molecule has 1 atom stereocenters. The van der Waals surface area contributed by atoms with Gasteiger partial charge in [-0.1, -0.05) is 12.1 Å². The minimum atomic E-state index is -0.0358. The number of hydrogen-bond acceptors (Lipinski definition) is 3. The fourth-order valence-electron chi connectivity index (χ4n) is 1.46. The Morgan fingerprint density at radius 3 is 2.47 bits per heavy atom. The number of rotatable bonds is 4. The van der Waals surface area contributed by atoms with Crippen molar-refractivity contribution in [2.75, 3.05) is 13.7 Å². The highest BCUT2D eigenvalue weighted by molar-refractivity contribution is 5.85. The number of phenolic OH excluding ortho intramolecular Hbond substituents is 1. The van der Waals surface area contributed by atoms with Gasteiger partial charge >= 0.3 is 0 Å². The molecule has 0 spiro atoms. The lowest BCUT2D eigenvalue weighted by molar-refractivity contribution is 0.0957. The van der Waals surface area contributed by atoms with Gasteiger partial charge in [0.05, 0.1) is 6.10 Å². The summed E-state index contributed by atoms with van der Waals surface area (Å²) < 4.78 is 5.41. The van der Waals surface area contributed by atoms with Crippen molar-refractivity contribution in [3.8, 4) is 5.75 Å². The van der Waals surface area contributed by atoms with Crippen molar-refractivity contribution in [1.29, 1.82) is 0 Å². The van der Waals surface area contributed by atoms with Crippen molar-refractivity contribution < 1.29 is 9.84 Å². The van der Waals surface area contributed by atoms with E-state index in [9.17, 15) is 5.11 Å². The Kier molecular flexibility index (Phi) is 6.53. The molecule has 0 fully saturated rings. The minimum absolute atomic E-state index is 0. The molecule has 1 rings (SSSR count). The van der Waals surface area contributed by atoms with Crippen molar-refractivity contribution in [2.45, 2.75) is 32.4 Å². The van der Waals surface area contributed by atoms with Crippen LogP contribution >= 0.6 is 12.4 Å². The lowest BCUT2D eigenvalue weighted by atomic mass is 10.1. The number of phenols is 1. The molecule has 0 amide bonds. The number of benzene rings is 1. The maximum Gasteiger partial charge on any atom is 0.115 e. The van der Waals surface area contributed by atoms with E-state index < -0.39 is 0 Å². The zero-order chi connectivity index (χ0) is 12.2. The first-order valence-corrected chi connectivity index (χ1v) is 5.49. The third-order valence-electron chi connectivity index (χ3n) is 2.34. The normalized spacial score (nSPS) is 12.9. The average molecular weight is 260 g/mol. The molecule has 1 unspecified atom stereocenters. The van der Waals surface area contributed by atoms with Crippen molar-refractivity contribution in [3.05, 3.63) is 29.8 Å². The molecule has 0 aliphatic carbocycles. The van der Waals surface area contributed by atoms with Gasteiger partial charge < -0.3 is 15.2 Å². The molecule has 0 heterocycles. The van der Waals surface area contributed by atoms with Crippen LogP contribution in [0.4, 0.5) is 0 Å². The van der Waals surface area contributed by atoms with Crippen LogP contribution in [0, 0.1) is 0 Å². The predicted molar refractivity (Wildman–Crippen MR) is 72.9 cm³/mol. The van der Waals surface area contributed by atoms with Gasteiger partial charge in [0.2, 0.25) is 0 Å². The summed E-state index contributed by atoms with van der Waals surface area (Å²) >= 11 is 0. The first-order chi connectivity index (χ1) is 7.42. The molecule has 1 aromatic carbocycles. The predicted octanol–water partition coefficient (Wildman–Crippen LogP) is 2.89. The van der Waals surface area contributed by atoms with Crippen molar-refractivity contribution in [2.24, 2.45) is 0 Å². The van der Waals surface area contributed by atoms with Crippen LogP contribution in [0.15, 0.2) is 24.3 Å². The van der Waals surface area contributed by atoms with Crippen LogP contribution in [-0.4, -0.2) is 24.3 Å². The molecule has 0 saturated carbocycles. The van der Waals surface area contributed by atoms with Gasteiger partial charge in [0.15, 0.2) is 0 Å². The molecule has 17 heavy (non-hydrogen) atoms. The van der Waals surface area contributed by atoms with Gasteiger partial charge in [0.1, 0.15) is 5.75 Å². The van der Waals surface area contributed by atoms with Gasteiger partial charge in [-0.25, -0.2) is 0 Å². The molecule has 0 aliphatic heterocycles. The smallest absolute Gasteiger partial charge is 0.115 e. The number of methoxy groups -OCH3 is 1. The van der Waals surface area contributed by atoms with Crippen molar-refractivity contribution in [3.63, 3.8) is 0 Å². The highest BCUT2D eigenvalue weighted by Gasteiger charge is 2.15. The number of halogens is 1. The standard InChI is InChI=1S/C13H21NO2.ClH/c1-13(2,3)14-9-12(16-4)10-6-5-7-11(15)8-10;/h5-8,12,14-15H,9H2,1-4H3;1H. The van der Waals surface area contributed by atoms with E-state index in [2.05, 4.69) is 26.1 Å². The van der Waals surface area contributed by atoms with Crippen molar-refractivity contribution in [1.82, 2.24) is 5.32 Å². The summed E-state index contributed by atoms with van der Waals surface area (Å²) in [6.07, 6.45) is -0.0358. The van der Waals surface area contributed by atoms with E-state index in [0.29, 0.717) is 0 Å². The second-order valence-electron chi connectivity index (χ2n) is 4.95. The SMILES string of the molecule is COC(CNC(C)(C)C)c1cccc(O)c1.Cl. The van der Waals surface area contributed by atoms with Gasteiger partial charge in [0.25, 0.3) is 0 Å². The Hall–Kier alpha value is -0.770. The van der Waals surface area contributed by atoms with Crippen LogP contribution in [0.3, 0.4) is 0 Å². The molecule has 0 radical (unpaired) electrons. The molecule has 2 N–H and O–H groups in total. The quantitative estimate of drug-likeness (QED) is 0.874. The molecular formula is C13H22ClNO2. The zero-order valence-corrected chi connectivity index (χ0v) is 11.7. The summed E-state index contributed by atoms with van der Waals surface area (Å²) in [6, 6.07) is 7.18. The molecule has 98 valence electrons. The van der Waals surface area contributed by atoms with Gasteiger partial charge in [-0.05, 0) is 38.5 Å². The first-order valence-electron chi connectivity index (χ1n) is 5.49. The summed E-state index contributed by atoms with van der Waals surface area (Å²) in [7, 11) is 1.68. The second kappa shape index (κ2) is 6.84. The number of aromatic hydroxyl groups is 1. The Balaban J connectivity index is 0.00000256. The molecule has 0 bridgehead atoms. The fourth-order valence-corrected chi connectivity index (χ4v) is 1.46. The van der Waals surface area contributed by atoms with Crippen LogP contribution in [0.5, 0.6) is 5.75 Å². The largest absolute Gasteiger partial charge is 0.508 e.